The van der Waals surface area contributed by atoms with Crippen LogP contribution in [0.15, 0.2) is 36.4 Å². The van der Waals surface area contributed by atoms with Crippen molar-refractivity contribution in [1.29, 1.82) is 0 Å². The standard InChI is InChI=1S/C20H20FN3O4/c21-15-10-13(20(27)28)4-6-14(15)19(26)23-16-11-12(18(22)25)5-7-17(16)24-8-2-1-3-9-24/h4-7,10-11H,1-3,8-9H2,(H2,22,25)(H,23,26)(H,27,28). The summed E-state index contributed by atoms with van der Waals surface area (Å²) in [7, 11) is 0. The van der Waals surface area contributed by atoms with Gasteiger partial charge in [0.15, 0.2) is 0 Å². The van der Waals surface area contributed by atoms with Gasteiger partial charge < -0.3 is 21.1 Å². The van der Waals surface area contributed by atoms with E-state index in [0.717, 1.165) is 56.2 Å². The first-order valence-corrected chi connectivity index (χ1v) is 8.90. The summed E-state index contributed by atoms with van der Waals surface area (Å²) in [4.78, 5) is 37.2. The third-order valence-electron chi connectivity index (χ3n) is 4.69. The van der Waals surface area contributed by atoms with Crippen molar-refractivity contribution in [3.63, 3.8) is 0 Å². The molecule has 0 unspecified atom stereocenters. The van der Waals surface area contributed by atoms with E-state index in [9.17, 15) is 18.8 Å². The Morgan fingerprint density at radius 1 is 1.00 bits per heavy atom. The summed E-state index contributed by atoms with van der Waals surface area (Å²) in [5.74, 6) is -3.61. The van der Waals surface area contributed by atoms with E-state index in [2.05, 4.69) is 10.2 Å². The Morgan fingerprint density at radius 2 is 1.68 bits per heavy atom. The van der Waals surface area contributed by atoms with Crippen LogP contribution in [0.1, 0.15) is 50.3 Å². The van der Waals surface area contributed by atoms with Crippen LogP contribution >= 0.6 is 0 Å². The molecule has 2 aromatic rings. The van der Waals surface area contributed by atoms with Crippen LogP contribution in [0.25, 0.3) is 0 Å². The minimum atomic E-state index is -1.28. The van der Waals surface area contributed by atoms with Crippen LogP contribution in [-0.2, 0) is 0 Å². The highest BCUT2D eigenvalue weighted by atomic mass is 19.1. The second kappa shape index (κ2) is 8.08. The summed E-state index contributed by atoms with van der Waals surface area (Å²) >= 11 is 0. The number of nitrogens with two attached hydrogens (primary N) is 1. The molecule has 4 N–H and O–H groups in total. The van der Waals surface area contributed by atoms with Crippen molar-refractivity contribution in [3.05, 3.63) is 58.9 Å². The van der Waals surface area contributed by atoms with E-state index in [1.54, 1.807) is 12.1 Å². The molecule has 1 saturated heterocycles. The van der Waals surface area contributed by atoms with Crippen molar-refractivity contribution in [2.75, 3.05) is 23.3 Å². The molecule has 8 heteroatoms. The molecule has 0 spiro atoms. The molecule has 1 fully saturated rings. The number of piperidine rings is 1. The number of carbonyl (C=O) groups excluding carboxylic acids is 2. The van der Waals surface area contributed by atoms with Crippen molar-refractivity contribution in [1.82, 2.24) is 0 Å². The molecule has 0 bridgehead atoms. The second-order valence-corrected chi connectivity index (χ2v) is 6.60. The van der Waals surface area contributed by atoms with Crippen LogP contribution < -0.4 is 16.0 Å². The topological polar surface area (TPSA) is 113 Å². The molecule has 3 rings (SSSR count). The minimum absolute atomic E-state index is 0.220. The average Bonchev–Trinajstić information content (AvgIpc) is 2.68. The normalized spacial score (nSPS) is 13.8. The molecule has 0 atom stereocenters. The van der Waals surface area contributed by atoms with Crippen LogP contribution in [0.4, 0.5) is 15.8 Å². The van der Waals surface area contributed by atoms with Gasteiger partial charge in [-0.25, -0.2) is 9.18 Å². The maximum absolute atomic E-state index is 14.2. The van der Waals surface area contributed by atoms with Crippen molar-refractivity contribution in [2.45, 2.75) is 19.3 Å². The lowest BCUT2D eigenvalue weighted by molar-refractivity contribution is 0.0695. The van der Waals surface area contributed by atoms with Crippen LogP contribution in [0.3, 0.4) is 0 Å². The molecule has 1 heterocycles. The van der Waals surface area contributed by atoms with Crippen molar-refractivity contribution < 1.29 is 23.9 Å². The molecule has 2 amide bonds. The Labute approximate surface area is 160 Å². The fourth-order valence-electron chi connectivity index (χ4n) is 3.22. The maximum atomic E-state index is 14.2. The number of hydrogen-bond donors (Lipinski definition) is 3. The Morgan fingerprint density at radius 3 is 2.29 bits per heavy atom. The molecule has 0 aliphatic carbocycles. The largest absolute Gasteiger partial charge is 0.478 e. The van der Waals surface area contributed by atoms with E-state index in [0.29, 0.717) is 5.69 Å². The smallest absolute Gasteiger partial charge is 0.335 e. The molecular formula is C20H20FN3O4. The van der Waals surface area contributed by atoms with Crippen LogP contribution in [0.2, 0.25) is 0 Å². The van der Waals surface area contributed by atoms with Crippen LogP contribution in [0.5, 0.6) is 0 Å². The number of nitrogens with zero attached hydrogens (tertiary/aromatic N) is 1. The fourth-order valence-corrected chi connectivity index (χ4v) is 3.22. The molecule has 2 aromatic carbocycles. The van der Waals surface area contributed by atoms with Gasteiger partial charge in [-0.1, -0.05) is 0 Å². The van der Waals surface area contributed by atoms with E-state index >= 15 is 0 Å². The Hall–Kier alpha value is -3.42. The molecular weight excluding hydrogens is 365 g/mol. The van der Waals surface area contributed by atoms with Gasteiger partial charge in [0.1, 0.15) is 5.82 Å². The molecule has 0 aromatic heterocycles. The first-order valence-electron chi connectivity index (χ1n) is 8.90. The molecule has 0 radical (unpaired) electrons. The number of carboxylic acid groups (broad SMARTS) is 1. The highest BCUT2D eigenvalue weighted by Crippen LogP contribution is 2.30. The summed E-state index contributed by atoms with van der Waals surface area (Å²) in [5, 5.41) is 11.6. The zero-order chi connectivity index (χ0) is 20.3. The monoisotopic (exact) mass is 385 g/mol. The predicted molar refractivity (Wildman–Crippen MR) is 102 cm³/mol. The van der Waals surface area contributed by atoms with E-state index in [4.69, 9.17) is 10.8 Å². The number of carbonyl (C=O) groups is 3. The molecule has 1 aliphatic heterocycles. The third-order valence-corrected chi connectivity index (χ3v) is 4.69. The summed E-state index contributed by atoms with van der Waals surface area (Å²) in [6, 6.07) is 7.84. The first kappa shape index (κ1) is 19.3. The van der Waals surface area contributed by atoms with Crippen molar-refractivity contribution in [2.24, 2.45) is 5.73 Å². The van der Waals surface area contributed by atoms with Gasteiger partial charge in [0.05, 0.1) is 22.5 Å². The number of hydrogen-bond acceptors (Lipinski definition) is 4. The number of rotatable bonds is 5. The maximum Gasteiger partial charge on any atom is 0.335 e. The number of carboxylic acids is 1. The van der Waals surface area contributed by atoms with Gasteiger partial charge in [-0.15, -0.1) is 0 Å². The molecule has 1 aliphatic rings. The third kappa shape index (κ3) is 4.11. The van der Waals surface area contributed by atoms with E-state index in [1.165, 1.54) is 6.07 Å². The average molecular weight is 385 g/mol. The lowest BCUT2D eigenvalue weighted by Gasteiger charge is -2.30. The minimum Gasteiger partial charge on any atom is -0.478 e. The van der Waals surface area contributed by atoms with Gasteiger partial charge in [-0.05, 0) is 55.7 Å². The van der Waals surface area contributed by atoms with Gasteiger partial charge in [0, 0.05) is 18.7 Å². The zero-order valence-corrected chi connectivity index (χ0v) is 15.1. The van der Waals surface area contributed by atoms with E-state index < -0.39 is 23.6 Å². The number of nitrogens with one attached hydrogen (secondary N) is 1. The van der Waals surface area contributed by atoms with E-state index in [-0.39, 0.29) is 16.7 Å². The molecule has 28 heavy (non-hydrogen) atoms. The summed E-state index contributed by atoms with van der Waals surface area (Å²) in [5.41, 5.74) is 6.09. The number of halogens is 1. The van der Waals surface area contributed by atoms with Crippen LogP contribution in [0, 0.1) is 5.82 Å². The second-order valence-electron chi connectivity index (χ2n) is 6.60. The van der Waals surface area contributed by atoms with Crippen molar-refractivity contribution in [3.8, 4) is 0 Å². The first-order chi connectivity index (χ1) is 13.4. The van der Waals surface area contributed by atoms with Gasteiger partial charge in [0.25, 0.3) is 5.91 Å². The highest BCUT2D eigenvalue weighted by Gasteiger charge is 2.20. The quantitative estimate of drug-likeness (QED) is 0.733. The number of benzene rings is 2. The van der Waals surface area contributed by atoms with Gasteiger partial charge in [-0.2, -0.15) is 0 Å². The SMILES string of the molecule is NC(=O)c1ccc(N2CCCCC2)c(NC(=O)c2ccc(C(=O)O)cc2F)c1. The number of aromatic carboxylic acids is 1. The number of amides is 2. The van der Waals surface area contributed by atoms with Gasteiger partial charge in [0.2, 0.25) is 5.91 Å². The summed E-state index contributed by atoms with van der Waals surface area (Å²) < 4.78 is 14.2. The number of primary amides is 1. The Bertz CT molecular complexity index is 939. The van der Waals surface area contributed by atoms with Gasteiger partial charge >= 0.3 is 5.97 Å². The summed E-state index contributed by atoms with van der Waals surface area (Å²) in [6.07, 6.45) is 3.14. The Balaban J connectivity index is 1.93. The molecule has 146 valence electrons. The highest BCUT2D eigenvalue weighted by molar-refractivity contribution is 6.07. The van der Waals surface area contributed by atoms with Gasteiger partial charge in [-0.3, -0.25) is 9.59 Å². The lowest BCUT2D eigenvalue weighted by atomic mass is 10.1. The fraction of sp³-hybridized carbons (Fsp3) is 0.250. The van der Waals surface area contributed by atoms with E-state index in [1.807, 2.05) is 0 Å². The zero-order valence-electron chi connectivity index (χ0n) is 15.1. The van der Waals surface area contributed by atoms with Crippen molar-refractivity contribution >= 4 is 29.2 Å². The predicted octanol–water partition coefficient (Wildman–Crippen LogP) is 2.87. The lowest BCUT2D eigenvalue weighted by Crippen LogP contribution is -2.30. The Kier molecular flexibility index (Phi) is 5.58. The van der Waals surface area contributed by atoms with Crippen LogP contribution in [-0.4, -0.2) is 36.0 Å². The summed E-state index contributed by atoms with van der Waals surface area (Å²) in [6.45, 7) is 1.61. The molecule has 0 saturated carbocycles. The molecule has 7 nitrogen and oxygen atoms in total. The number of anilines is 2.